The van der Waals surface area contributed by atoms with Gasteiger partial charge in [-0.1, -0.05) is 19.9 Å². The Hall–Kier alpha value is -1.44. The number of methoxy groups -OCH3 is 1. The average Bonchev–Trinajstić information content (AvgIpc) is 2.43. The first-order chi connectivity index (χ1) is 9.51. The van der Waals surface area contributed by atoms with Crippen LogP contribution in [0.5, 0.6) is 5.88 Å². The van der Waals surface area contributed by atoms with E-state index < -0.39 is 0 Å². The van der Waals surface area contributed by atoms with E-state index in [-0.39, 0.29) is 0 Å². The van der Waals surface area contributed by atoms with Gasteiger partial charge in [0.2, 0.25) is 5.88 Å². The van der Waals surface area contributed by atoms with Crippen molar-refractivity contribution in [3.05, 3.63) is 39.0 Å². The molecular weight excluding hydrogens is 367 g/mol. The quantitative estimate of drug-likeness (QED) is 0.821. The van der Waals surface area contributed by atoms with Gasteiger partial charge in [0, 0.05) is 18.7 Å². The summed E-state index contributed by atoms with van der Waals surface area (Å²) >= 11 is 2.20. The van der Waals surface area contributed by atoms with Gasteiger partial charge in [-0.2, -0.15) is 0 Å². The molecule has 0 radical (unpaired) electrons. The van der Waals surface area contributed by atoms with E-state index in [0.717, 1.165) is 20.7 Å². The minimum atomic E-state index is 0.319. The Balaban J connectivity index is 2.28. The SMILES string of the molecule is COc1ccc(Cc2nc(N)c(I)c(C(C)C)n2)cn1. The molecule has 2 aromatic heterocycles. The maximum Gasteiger partial charge on any atom is 0.212 e. The Kier molecular flexibility index (Phi) is 4.74. The van der Waals surface area contributed by atoms with E-state index in [1.165, 1.54) is 0 Å². The van der Waals surface area contributed by atoms with Crippen LogP contribution in [0.3, 0.4) is 0 Å². The van der Waals surface area contributed by atoms with Gasteiger partial charge >= 0.3 is 0 Å². The van der Waals surface area contributed by atoms with Crippen molar-refractivity contribution in [1.82, 2.24) is 15.0 Å². The highest BCUT2D eigenvalue weighted by molar-refractivity contribution is 14.1. The predicted octanol–water partition coefficient (Wildman–Crippen LogP) is 2.78. The second-order valence-corrected chi connectivity index (χ2v) is 5.84. The third-order valence-electron chi connectivity index (χ3n) is 2.86. The van der Waals surface area contributed by atoms with Crippen LogP contribution in [0.15, 0.2) is 18.3 Å². The highest BCUT2D eigenvalue weighted by Gasteiger charge is 2.13. The molecule has 6 heteroatoms. The lowest BCUT2D eigenvalue weighted by atomic mass is 10.1. The lowest BCUT2D eigenvalue weighted by Crippen LogP contribution is -2.09. The molecule has 20 heavy (non-hydrogen) atoms. The Morgan fingerprint density at radius 2 is 2.05 bits per heavy atom. The van der Waals surface area contributed by atoms with Crippen molar-refractivity contribution in [3.8, 4) is 5.88 Å². The van der Waals surface area contributed by atoms with Crippen molar-refractivity contribution in [1.29, 1.82) is 0 Å². The van der Waals surface area contributed by atoms with E-state index in [0.29, 0.717) is 24.0 Å². The van der Waals surface area contributed by atoms with Crippen molar-refractivity contribution in [3.63, 3.8) is 0 Å². The van der Waals surface area contributed by atoms with Gasteiger partial charge in [0.25, 0.3) is 0 Å². The normalized spacial score (nSPS) is 10.8. The van der Waals surface area contributed by atoms with E-state index >= 15 is 0 Å². The molecule has 0 unspecified atom stereocenters. The maximum atomic E-state index is 5.96. The molecule has 2 heterocycles. The minimum absolute atomic E-state index is 0.319. The summed E-state index contributed by atoms with van der Waals surface area (Å²) < 4.78 is 5.98. The van der Waals surface area contributed by atoms with Crippen LogP contribution < -0.4 is 10.5 Å². The molecule has 0 spiro atoms. The zero-order valence-corrected chi connectivity index (χ0v) is 13.9. The summed E-state index contributed by atoms with van der Waals surface area (Å²) in [5, 5.41) is 0. The molecule has 0 amide bonds. The van der Waals surface area contributed by atoms with Gasteiger partial charge in [0.1, 0.15) is 11.6 Å². The molecule has 0 aromatic carbocycles. The highest BCUT2D eigenvalue weighted by Crippen LogP contribution is 2.23. The summed E-state index contributed by atoms with van der Waals surface area (Å²) in [6.45, 7) is 4.20. The van der Waals surface area contributed by atoms with Crippen molar-refractivity contribution in [2.75, 3.05) is 12.8 Å². The summed E-state index contributed by atoms with van der Waals surface area (Å²) in [5.74, 6) is 2.18. The smallest absolute Gasteiger partial charge is 0.212 e. The van der Waals surface area contributed by atoms with Crippen LogP contribution in [-0.2, 0) is 6.42 Å². The molecule has 0 aliphatic heterocycles. The van der Waals surface area contributed by atoms with E-state index in [4.69, 9.17) is 10.5 Å². The summed E-state index contributed by atoms with van der Waals surface area (Å²) in [4.78, 5) is 13.1. The van der Waals surface area contributed by atoms with Crippen molar-refractivity contribution >= 4 is 28.4 Å². The molecule has 0 atom stereocenters. The lowest BCUT2D eigenvalue weighted by Gasteiger charge is -2.11. The number of hydrogen-bond acceptors (Lipinski definition) is 5. The fraction of sp³-hybridized carbons (Fsp3) is 0.357. The van der Waals surface area contributed by atoms with Gasteiger partial charge in [-0.15, -0.1) is 0 Å². The Morgan fingerprint density at radius 1 is 1.30 bits per heavy atom. The molecule has 0 aliphatic carbocycles. The Bertz CT molecular complexity index is 599. The average molecular weight is 384 g/mol. The summed E-state index contributed by atoms with van der Waals surface area (Å²) in [5.41, 5.74) is 7.99. The number of pyridine rings is 1. The van der Waals surface area contributed by atoms with E-state index in [9.17, 15) is 0 Å². The number of anilines is 1. The highest BCUT2D eigenvalue weighted by atomic mass is 127. The van der Waals surface area contributed by atoms with Gasteiger partial charge in [0.15, 0.2) is 0 Å². The number of nitrogens with two attached hydrogens (primary N) is 1. The second-order valence-electron chi connectivity index (χ2n) is 4.76. The van der Waals surface area contributed by atoms with Crippen molar-refractivity contribution in [2.45, 2.75) is 26.2 Å². The molecule has 5 nitrogen and oxygen atoms in total. The van der Waals surface area contributed by atoms with Gasteiger partial charge in [-0.25, -0.2) is 15.0 Å². The maximum absolute atomic E-state index is 5.96. The van der Waals surface area contributed by atoms with E-state index in [1.807, 2.05) is 12.1 Å². The number of ether oxygens (including phenoxy) is 1. The fourth-order valence-corrected chi connectivity index (χ4v) is 2.68. The van der Waals surface area contributed by atoms with Crippen LogP contribution in [0.2, 0.25) is 0 Å². The molecule has 0 saturated heterocycles. The Labute approximate surface area is 132 Å². The van der Waals surface area contributed by atoms with Crippen LogP contribution in [-0.4, -0.2) is 22.1 Å². The van der Waals surface area contributed by atoms with E-state index in [1.54, 1.807) is 13.3 Å². The first-order valence-corrected chi connectivity index (χ1v) is 7.39. The zero-order valence-electron chi connectivity index (χ0n) is 11.7. The number of aromatic nitrogens is 3. The van der Waals surface area contributed by atoms with Gasteiger partial charge in [-0.3, -0.25) is 0 Å². The summed E-state index contributed by atoms with van der Waals surface area (Å²) in [6, 6.07) is 3.78. The largest absolute Gasteiger partial charge is 0.481 e. The molecule has 2 N–H and O–H groups in total. The molecule has 0 aliphatic rings. The van der Waals surface area contributed by atoms with Crippen molar-refractivity contribution in [2.24, 2.45) is 0 Å². The number of nitrogens with zero attached hydrogens (tertiary/aromatic N) is 3. The first kappa shape index (κ1) is 15.0. The third kappa shape index (κ3) is 3.36. The van der Waals surface area contributed by atoms with E-state index in [2.05, 4.69) is 51.4 Å². The molecule has 0 bridgehead atoms. The first-order valence-electron chi connectivity index (χ1n) is 6.32. The van der Waals surface area contributed by atoms with Gasteiger partial charge in [0.05, 0.1) is 16.4 Å². The minimum Gasteiger partial charge on any atom is -0.481 e. The van der Waals surface area contributed by atoms with Crippen LogP contribution in [0, 0.1) is 3.57 Å². The van der Waals surface area contributed by atoms with Crippen LogP contribution in [0.4, 0.5) is 5.82 Å². The number of hydrogen-bond donors (Lipinski definition) is 1. The van der Waals surface area contributed by atoms with Crippen LogP contribution >= 0.6 is 22.6 Å². The molecular formula is C14H17IN4O. The monoisotopic (exact) mass is 384 g/mol. The summed E-state index contributed by atoms with van der Waals surface area (Å²) in [6.07, 6.45) is 2.38. The molecule has 0 saturated carbocycles. The third-order valence-corrected chi connectivity index (χ3v) is 3.97. The number of rotatable bonds is 4. The second kappa shape index (κ2) is 6.34. The molecule has 106 valence electrons. The van der Waals surface area contributed by atoms with Crippen LogP contribution in [0.1, 0.15) is 36.8 Å². The number of halogens is 1. The summed E-state index contributed by atoms with van der Waals surface area (Å²) in [7, 11) is 1.60. The Morgan fingerprint density at radius 3 is 2.60 bits per heavy atom. The van der Waals surface area contributed by atoms with Crippen LogP contribution in [0.25, 0.3) is 0 Å². The van der Waals surface area contributed by atoms with Gasteiger partial charge < -0.3 is 10.5 Å². The molecule has 0 fully saturated rings. The predicted molar refractivity (Wildman–Crippen MR) is 86.8 cm³/mol. The lowest BCUT2D eigenvalue weighted by molar-refractivity contribution is 0.397. The molecule has 2 aromatic rings. The molecule has 2 rings (SSSR count). The zero-order chi connectivity index (χ0) is 14.7. The topological polar surface area (TPSA) is 73.9 Å². The standard InChI is InChI=1S/C14H17IN4O/c1-8(2)13-12(15)14(16)19-10(18-13)6-9-4-5-11(20-3)17-7-9/h4-5,7-8H,6H2,1-3H3,(H2,16,18,19). The van der Waals surface area contributed by atoms with Crippen molar-refractivity contribution < 1.29 is 4.74 Å². The fourth-order valence-electron chi connectivity index (χ4n) is 1.81. The number of nitrogen functional groups attached to an aromatic ring is 1. The van der Waals surface area contributed by atoms with Gasteiger partial charge in [-0.05, 0) is 34.1 Å².